The summed E-state index contributed by atoms with van der Waals surface area (Å²) >= 11 is 0. The van der Waals surface area contributed by atoms with E-state index in [-0.39, 0.29) is 5.91 Å². The maximum Gasteiger partial charge on any atom is 0.272 e. The molecule has 1 aromatic heterocycles. The van der Waals surface area contributed by atoms with Gasteiger partial charge in [-0.2, -0.15) is 0 Å². The molecular formula is C16H24N6O3. The predicted molar refractivity (Wildman–Crippen MR) is 91.3 cm³/mol. The topological polar surface area (TPSA) is 90.9 Å². The number of piperazine rings is 1. The molecule has 1 N–H and O–H groups in total. The standard InChI is InChI=1S/C16H24N6O3/c23-13-21-5-7-22(8-6-21)15(24)14-1-2-17-16(19-14)18-3-4-20-9-11-25-12-10-20/h1-2,13H,3-12H2,(H,17,18,19). The van der Waals surface area contributed by atoms with E-state index in [1.54, 1.807) is 22.1 Å². The number of rotatable bonds is 6. The van der Waals surface area contributed by atoms with Gasteiger partial charge in [-0.3, -0.25) is 14.5 Å². The van der Waals surface area contributed by atoms with Crippen molar-refractivity contribution in [2.24, 2.45) is 0 Å². The second kappa shape index (κ2) is 8.72. The zero-order valence-electron chi connectivity index (χ0n) is 14.3. The molecule has 25 heavy (non-hydrogen) atoms. The number of hydrogen-bond donors (Lipinski definition) is 1. The minimum absolute atomic E-state index is 0.121. The highest BCUT2D eigenvalue weighted by Crippen LogP contribution is 2.08. The minimum atomic E-state index is -0.121. The van der Waals surface area contributed by atoms with Crippen LogP contribution in [-0.4, -0.2) is 103 Å². The summed E-state index contributed by atoms with van der Waals surface area (Å²) in [4.78, 5) is 37.5. The molecule has 9 heteroatoms. The van der Waals surface area contributed by atoms with E-state index in [1.165, 1.54) is 0 Å². The smallest absolute Gasteiger partial charge is 0.272 e. The summed E-state index contributed by atoms with van der Waals surface area (Å²) in [6.45, 7) is 7.21. The maximum atomic E-state index is 12.5. The van der Waals surface area contributed by atoms with E-state index in [1.807, 2.05) is 0 Å². The number of nitrogens with one attached hydrogen (secondary N) is 1. The van der Waals surface area contributed by atoms with Gasteiger partial charge in [0.25, 0.3) is 5.91 Å². The van der Waals surface area contributed by atoms with E-state index in [2.05, 4.69) is 20.2 Å². The Morgan fingerprint density at radius 3 is 2.68 bits per heavy atom. The number of hydrogen-bond acceptors (Lipinski definition) is 7. The molecule has 0 radical (unpaired) electrons. The van der Waals surface area contributed by atoms with E-state index >= 15 is 0 Å². The number of carbonyl (C=O) groups is 2. The van der Waals surface area contributed by atoms with Crippen molar-refractivity contribution in [3.63, 3.8) is 0 Å². The number of ether oxygens (including phenoxy) is 1. The molecule has 2 aliphatic rings. The van der Waals surface area contributed by atoms with E-state index in [4.69, 9.17) is 4.74 Å². The molecule has 1 aromatic rings. The van der Waals surface area contributed by atoms with Crippen LogP contribution in [0, 0.1) is 0 Å². The number of aromatic nitrogens is 2. The zero-order valence-corrected chi connectivity index (χ0v) is 14.3. The summed E-state index contributed by atoms with van der Waals surface area (Å²) in [6.07, 6.45) is 2.42. The molecule has 0 bridgehead atoms. The third-order valence-corrected chi connectivity index (χ3v) is 4.44. The second-order valence-corrected chi connectivity index (χ2v) is 6.08. The molecule has 0 unspecified atom stereocenters. The lowest BCUT2D eigenvalue weighted by atomic mass is 10.3. The van der Waals surface area contributed by atoms with Gasteiger partial charge in [-0.05, 0) is 6.07 Å². The van der Waals surface area contributed by atoms with Gasteiger partial charge in [-0.1, -0.05) is 0 Å². The third kappa shape index (κ3) is 4.86. The number of amides is 2. The summed E-state index contributed by atoms with van der Waals surface area (Å²) < 4.78 is 5.33. The minimum Gasteiger partial charge on any atom is -0.379 e. The van der Waals surface area contributed by atoms with Crippen molar-refractivity contribution < 1.29 is 14.3 Å². The van der Waals surface area contributed by atoms with Crippen molar-refractivity contribution in [3.05, 3.63) is 18.0 Å². The number of morpholine rings is 1. The van der Waals surface area contributed by atoms with Crippen LogP contribution in [0.25, 0.3) is 0 Å². The van der Waals surface area contributed by atoms with E-state index in [9.17, 15) is 9.59 Å². The fourth-order valence-corrected chi connectivity index (χ4v) is 2.91. The fraction of sp³-hybridized carbons (Fsp3) is 0.625. The molecule has 2 aliphatic heterocycles. The Bertz CT molecular complexity index is 585. The van der Waals surface area contributed by atoms with Crippen LogP contribution in [0.1, 0.15) is 10.5 Å². The van der Waals surface area contributed by atoms with Crippen LogP contribution in [-0.2, 0) is 9.53 Å². The molecular weight excluding hydrogens is 324 g/mol. The van der Waals surface area contributed by atoms with E-state index < -0.39 is 0 Å². The van der Waals surface area contributed by atoms with Crippen LogP contribution < -0.4 is 5.32 Å². The molecule has 2 fully saturated rings. The summed E-state index contributed by atoms with van der Waals surface area (Å²) in [6, 6.07) is 1.63. The van der Waals surface area contributed by atoms with Gasteiger partial charge in [0.1, 0.15) is 5.69 Å². The Labute approximate surface area is 147 Å². The number of carbonyl (C=O) groups excluding carboxylic acids is 2. The number of nitrogens with zero attached hydrogens (tertiary/aromatic N) is 5. The monoisotopic (exact) mass is 348 g/mol. The molecule has 0 spiro atoms. The summed E-state index contributed by atoms with van der Waals surface area (Å²) in [7, 11) is 0. The molecule has 3 heterocycles. The molecule has 0 saturated carbocycles. The van der Waals surface area contributed by atoms with Gasteiger partial charge >= 0.3 is 0 Å². The van der Waals surface area contributed by atoms with Gasteiger partial charge in [0.05, 0.1) is 13.2 Å². The fourth-order valence-electron chi connectivity index (χ4n) is 2.91. The lowest BCUT2D eigenvalue weighted by molar-refractivity contribution is -0.119. The SMILES string of the molecule is O=CN1CCN(C(=O)c2ccnc(NCCN3CCOCC3)n2)CC1. The Morgan fingerprint density at radius 1 is 1.20 bits per heavy atom. The van der Waals surface area contributed by atoms with E-state index in [0.717, 1.165) is 45.8 Å². The Balaban J connectivity index is 1.50. The van der Waals surface area contributed by atoms with Crippen molar-refractivity contribution in [1.82, 2.24) is 24.7 Å². The van der Waals surface area contributed by atoms with Gasteiger partial charge in [0.2, 0.25) is 12.4 Å². The first-order valence-corrected chi connectivity index (χ1v) is 8.62. The molecule has 0 atom stereocenters. The third-order valence-electron chi connectivity index (χ3n) is 4.44. The maximum absolute atomic E-state index is 12.5. The average molecular weight is 348 g/mol. The molecule has 3 rings (SSSR count). The lowest BCUT2D eigenvalue weighted by Crippen LogP contribution is -2.48. The van der Waals surface area contributed by atoms with Crippen molar-refractivity contribution in [2.75, 3.05) is 70.9 Å². The lowest BCUT2D eigenvalue weighted by Gasteiger charge is -2.32. The second-order valence-electron chi connectivity index (χ2n) is 6.08. The molecule has 136 valence electrons. The van der Waals surface area contributed by atoms with Gasteiger partial charge in [0.15, 0.2) is 0 Å². The number of anilines is 1. The first-order chi connectivity index (χ1) is 12.3. The van der Waals surface area contributed by atoms with Crippen molar-refractivity contribution in [1.29, 1.82) is 0 Å². The molecule has 0 aliphatic carbocycles. The highest BCUT2D eigenvalue weighted by molar-refractivity contribution is 5.92. The summed E-state index contributed by atoms with van der Waals surface area (Å²) in [5.74, 6) is 0.342. The Hall–Kier alpha value is -2.26. The highest BCUT2D eigenvalue weighted by atomic mass is 16.5. The summed E-state index contributed by atoms with van der Waals surface area (Å²) in [5.41, 5.74) is 0.378. The largest absolute Gasteiger partial charge is 0.379 e. The van der Waals surface area contributed by atoms with Crippen LogP contribution >= 0.6 is 0 Å². The molecule has 2 saturated heterocycles. The average Bonchev–Trinajstić information content (AvgIpc) is 2.68. The van der Waals surface area contributed by atoms with Gasteiger partial charge in [-0.15, -0.1) is 0 Å². The Morgan fingerprint density at radius 2 is 1.96 bits per heavy atom. The van der Waals surface area contributed by atoms with Gasteiger partial charge < -0.3 is 19.9 Å². The normalized spacial score (nSPS) is 18.9. The zero-order chi connectivity index (χ0) is 17.5. The van der Waals surface area contributed by atoms with Crippen molar-refractivity contribution in [2.45, 2.75) is 0 Å². The van der Waals surface area contributed by atoms with Crippen molar-refractivity contribution in [3.8, 4) is 0 Å². The predicted octanol–water partition coefficient (Wildman–Crippen LogP) is -0.865. The summed E-state index contributed by atoms with van der Waals surface area (Å²) in [5, 5.41) is 3.18. The van der Waals surface area contributed by atoms with Crippen LogP contribution in [0.2, 0.25) is 0 Å². The molecule has 9 nitrogen and oxygen atoms in total. The van der Waals surface area contributed by atoms with Crippen LogP contribution in [0.15, 0.2) is 12.3 Å². The van der Waals surface area contributed by atoms with Crippen LogP contribution in [0.4, 0.5) is 5.95 Å². The van der Waals surface area contributed by atoms with Gasteiger partial charge in [-0.25, -0.2) is 9.97 Å². The quantitative estimate of drug-likeness (QED) is 0.669. The molecule has 0 aromatic carbocycles. The van der Waals surface area contributed by atoms with Crippen LogP contribution in [0.5, 0.6) is 0 Å². The molecule has 2 amide bonds. The van der Waals surface area contributed by atoms with Gasteiger partial charge in [0, 0.05) is 58.6 Å². The van der Waals surface area contributed by atoms with Crippen molar-refractivity contribution >= 4 is 18.3 Å². The first-order valence-electron chi connectivity index (χ1n) is 8.62. The highest BCUT2D eigenvalue weighted by Gasteiger charge is 2.22. The van der Waals surface area contributed by atoms with Crippen LogP contribution in [0.3, 0.4) is 0 Å². The first kappa shape index (κ1) is 17.6. The van der Waals surface area contributed by atoms with E-state index in [0.29, 0.717) is 37.8 Å². The Kier molecular flexibility index (Phi) is 6.13.